The summed E-state index contributed by atoms with van der Waals surface area (Å²) in [6.45, 7) is 4.65. The van der Waals surface area contributed by atoms with Gasteiger partial charge in [0.1, 0.15) is 11.4 Å². The number of piperidine rings is 1. The van der Waals surface area contributed by atoms with Crippen LogP contribution in [0.3, 0.4) is 0 Å². The maximum atomic E-state index is 13.0. The fourth-order valence-corrected chi connectivity index (χ4v) is 6.15. The van der Waals surface area contributed by atoms with Crippen molar-refractivity contribution in [1.29, 1.82) is 0 Å². The van der Waals surface area contributed by atoms with Crippen molar-refractivity contribution >= 4 is 17.3 Å². The highest BCUT2D eigenvalue weighted by molar-refractivity contribution is 5.79. The van der Waals surface area contributed by atoms with Crippen molar-refractivity contribution < 1.29 is 4.79 Å². The van der Waals surface area contributed by atoms with Gasteiger partial charge in [-0.3, -0.25) is 14.4 Å². The number of benzene rings is 1. The predicted octanol–water partition coefficient (Wildman–Crippen LogP) is 3.93. The van der Waals surface area contributed by atoms with Crippen LogP contribution in [-0.4, -0.2) is 25.5 Å². The maximum absolute atomic E-state index is 13.0. The Morgan fingerprint density at radius 3 is 2.47 bits per heavy atom. The molecule has 6 heteroatoms. The number of nitrogens with one attached hydrogen (secondary N) is 2. The quantitative estimate of drug-likeness (QED) is 0.635. The molecule has 1 unspecified atom stereocenters. The monoisotopic (exact) mass is 463 g/mol. The Kier molecular flexibility index (Phi) is 6.75. The van der Waals surface area contributed by atoms with E-state index in [0.717, 1.165) is 70.9 Å². The number of anilines is 2. The third-order valence-corrected chi connectivity index (χ3v) is 8.46. The number of carbonyl (C=O) groups excluding carboxylic acids is 1. The number of nitrogens with zero attached hydrogens (tertiary/aromatic N) is 1. The van der Waals surface area contributed by atoms with Gasteiger partial charge in [0, 0.05) is 25.6 Å². The van der Waals surface area contributed by atoms with Crippen molar-refractivity contribution in [3.05, 3.63) is 55.8 Å². The first-order valence-electron chi connectivity index (χ1n) is 13.2. The Morgan fingerprint density at radius 2 is 1.71 bits per heavy atom. The number of aryl methyl sites for hydroxylation is 1. The molecule has 1 saturated carbocycles. The molecule has 1 heterocycles. The molecule has 182 valence electrons. The van der Waals surface area contributed by atoms with Gasteiger partial charge in [0.2, 0.25) is 5.91 Å². The van der Waals surface area contributed by atoms with Crippen LogP contribution in [0, 0.1) is 17.8 Å². The second-order valence-electron chi connectivity index (χ2n) is 10.8. The van der Waals surface area contributed by atoms with Gasteiger partial charge in [-0.2, -0.15) is 0 Å². The largest absolute Gasteiger partial charge is 0.380 e. The SMILES string of the molecule is CC1CCN(c2c(NCC3CCC(C(=O)NC4CCCc5ccccc54)CC3)c(=O)c2=O)CC1. The van der Waals surface area contributed by atoms with Gasteiger partial charge in [-0.1, -0.05) is 31.2 Å². The van der Waals surface area contributed by atoms with Crippen molar-refractivity contribution in [3.63, 3.8) is 0 Å². The molecule has 0 radical (unpaired) electrons. The lowest BCUT2D eigenvalue weighted by Gasteiger charge is -2.34. The van der Waals surface area contributed by atoms with E-state index < -0.39 is 0 Å². The Balaban J connectivity index is 1.11. The summed E-state index contributed by atoms with van der Waals surface area (Å²) >= 11 is 0. The van der Waals surface area contributed by atoms with Crippen molar-refractivity contribution in [3.8, 4) is 0 Å². The number of hydrogen-bond donors (Lipinski definition) is 2. The van der Waals surface area contributed by atoms with Crippen LogP contribution >= 0.6 is 0 Å². The average Bonchev–Trinajstić information content (AvgIpc) is 2.87. The molecule has 0 aromatic heterocycles. The van der Waals surface area contributed by atoms with Crippen LogP contribution in [0.4, 0.5) is 11.4 Å². The van der Waals surface area contributed by atoms with E-state index in [0.29, 0.717) is 29.8 Å². The van der Waals surface area contributed by atoms with Crippen molar-refractivity contribution in [1.82, 2.24) is 5.32 Å². The number of carbonyl (C=O) groups is 1. The molecule has 2 aromatic rings. The first-order valence-corrected chi connectivity index (χ1v) is 13.2. The Labute approximate surface area is 201 Å². The first-order chi connectivity index (χ1) is 16.5. The summed E-state index contributed by atoms with van der Waals surface area (Å²) in [4.78, 5) is 39.5. The van der Waals surface area contributed by atoms with Gasteiger partial charge in [0.25, 0.3) is 10.9 Å². The van der Waals surface area contributed by atoms with Gasteiger partial charge >= 0.3 is 0 Å². The third kappa shape index (κ3) is 4.64. The molecule has 34 heavy (non-hydrogen) atoms. The maximum Gasteiger partial charge on any atom is 0.253 e. The van der Waals surface area contributed by atoms with Gasteiger partial charge in [0.15, 0.2) is 0 Å². The molecule has 6 nitrogen and oxygen atoms in total. The normalized spacial score (nSPS) is 25.7. The summed E-state index contributed by atoms with van der Waals surface area (Å²) in [7, 11) is 0. The topological polar surface area (TPSA) is 78.5 Å². The Bertz CT molecular complexity index is 1090. The minimum atomic E-state index is -0.366. The molecule has 1 amide bonds. The minimum Gasteiger partial charge on any atom is -0.380 e. The summed E-state index contributed by atoms with van der Waals surface area (Å²) in [5.41, 5.74) is 3.09. The Morgan fingerprint density at radius 1 is 0.971 bits per heavy atom. The summed E-state index contributed by atoms with van der Waals surface area (Å²) in [6, 6.07) is 8.62. The zero-order chi connectivity index (χ0) is 23.7. The fourth-order valence-electron chi connectivity index (χ4n) is 6.15. The number of hydrogen-bond acceptors (Lipinski definition) is 5. The van der Waals surface area contributed by atoms with Crippen LogP contribution in [0.5, 0.6) is 0 Å². The van der Waals surface area contributed by atoms with Crippen molar-refractivity contribution in [2.45, 2.75) is 70.8 Å². The highest BCUT2D eigenvalue weighted by Gasteiger charge is 2.31. The summed E-state index contributed by atoms with van der Waals surface area (Å²) in [5.74, 6) is 1.37. The molecule has 2 N–H and O–H groups in total. The summed E-state index contributed by atoms with van der Waals surface area (Å²) in [6.07, 6.45) is 9.08. The predicted molar refractivity (Wildman–Crippen MR) is 136 cm³/mol. The molecule has 2 aromatic carbocycles. The van der Waals surface area contributed by atoms with Crippen LogP contribution in [0.15, 0.2) is 33.9 Å². The van der Waals surface area contributed by atoms with Crippen LogP contribution in [0.1, 0.15) is 75.5 Å². The lowest BCUT2D eigenvalue weighted by Crippen LogP contribution is -2.46. The molecule has 3 aliphatic rings. The second-order valence-corrected chi connectivity index (χ2v) is 10.8. The molecule has 1 saturated heterocycles. The molecule has 1 atom stereocenters. The summed E-state index contributed by atoms with van der Waals surface area (Å²) in [5, 5.41) is 6.65. The highest BCUT2D eigenvalue weighted by atomic mass is 16.2. The molecule has 0 spiro atoms. The number of rotatable bonds is 6. The van der Waals surface area contributed by atoms with E-state index in [1.165, 1.54) is 11.1 Å². The van der Waals surface area contributed by atoms with E-state index in [1.54, 1.807) is 0 Å². The van der Waals surface area contributed by atoms with Gasteiger partial charge in [-0.25, -0.2) is 0 Å². The third-order valence-electron chi connectivity index (χ3n) is 8.46. The fraction of sp³-hybridized carbons (Fsp3) is 0.607. The average molecular weight is 464 g/mol. The van der Waals surface area contributed by atoms with Gasteiger partial charge in [0.05, 0.1) is 6.04 Å². The standard InChI is InChI=1S/C28H37N3O3/c1-18-13-15-31(16-14-18)25-24(26(32)27(25)33)29-17-19-9-11-21(12-10-19)28(34)30-23-8-4-6-20-5-2-3-7-22(20)23/h2-3,5,7,18-19,21,23,29H,4,6,8-17H2,1H3,(H,30,34). The lowest BCUT2D eigenvalue weighted by atomic mass is 9.81. The van der Waals surface area contributed by atoms with E-state index in [4.69, 9.17) is 0 Å². The zero-order valence-corrected chi connectivity index (χ0v) is 20.3. The van der Waals surface area contributed by atoms with E-state index in [-0.39, 0.29) is 28.7 Å². The smallest absolute Gasteiger partial charge is 0.253 e. The van der Waals surface area contributed by atoms with Crippen LogP contribution < -0.4 is 26.4 Å². The molecular formula is C28H37N3O3. The van der Waals surface area contributed by atoms with Crippen molar-refractivity contribution in [2.24, 2.45) is 17.8 Å². The molecule has 5 rings (SSSR count). The van der Waals surface area contributed by atoms with Crippen LogP contribution in [0.2, 0.25) is 0 Å². The van der Waals surface area contributed by atoms with E-state index in [1.807, 2.05) is 0 Å². The molecule has 2 fully saturated rings. The zero-order valence-electron chi connectivity index (χ0n) is 20.3. The van der Waals surface area contributed by atoms with E-state index in [2.05, 4.69) is 46.7 Å². The molecule has 0 bridgehead atoms. The first kappa shape index (κ1) is 23.1. The summed E-state index contributed by atoms with van der Waals surface area (Å²) < 4.78 is 0. The van der Waals surface area contributed by atoms with Crippen molar-refractivity contribution in [2.75, 3.05) is 29.9 Å². The minimum absolute atomic E-state index is 0.0716. The molecule has 2 aliphatic carbocycles. The van der Waals surface area contributed by atoms with Crippen LogP contribution in [0.25, 0.3) is 0 Å². The second kappa shape index (κ2) is 9.93. The highest BCUT2D eigenvalue weighted by Crippen LogP contribution is 2.33. The lowest BCUT2D eigenvalue weighted by molar-refractivity contribution is -0.127. The van der Waals surface area contributed by atoms with Gasteiger partial charge in [-0.15, -0.1) is 0 Å². The molecule has 1 aliphatic heterocycles. The van der Waals surface area contributed by atoms with Gasteiger partial charge in [-0.05, 0) is 80.8 Å². The molecular weight excluding hydrogens is 426 g/mol. The number of amides is 1. The Hall–Kier alpha value is -2.63. The van der Waals surface area contributed by atoms with Crippen LogP contribution in [-0.2, 0) is 11.2 Å². The van der Waals surface area contributed by atoms with Gasteiger partial charge < -0.3 is 15.5 Å². The number of fused-ring (bicyclic) bond motifs is 1. The van der Waals surface area contributed by atoms with E-state index in [9.17, 15) is 14.4 Å². The van der Waals surface area contributed by atoms with E-state index >= 15 is 0 Å².